The van der Waals surface area contributed by atoms with Crippen LogP contribution in [-0.2, 0) is 15.9 Å². The molecule has 2 aromatic heterocycles. The second-order valence-electron chi connectivity index (χ2n) is 8.79. The van der Waals surface area contributed by atoms with E-state index in [-0.39, 0.29) is 28.3 Å². The standard InChI is InChI=1S/C26H28N2O4S2/c1-16-12-21(29)25(26(30)27(3)14-18-15-31-10-11-32-18)20-13-24(23-9-8-17(2)33-23)34-22-7-5-4-6-19(22)28(16)20/h4-9,12,18,24H,10-11,13-15H2,1-3H3/t18-,24-/m0/s1. The summed E-state index contributed by atoms with van der Waals surface area (Å²) in [5.41, 5.74) is 2.64. The summed E-state index contributed by atoms with van der Waals surface area (Å²) in [6.45, 7) is 5.96. The Morgan fingerprint density at radius 2 is 2.00 bits per heavy atom. The highest BCUT2D eigenvalue weighted by Gasteiger charge is 2.31. The fourth-order valence-corrected chi connectivity index (χ4v) is 7.00. The van der Waals surface area contributed by atoms with Gasteiger partial charge in [-0.3, -0.25) is 9.59 Å². The van der Waals surface area contributed by atoms with Gasteiger partial charge in [-0.1, -0.05) is 12.1 Å². The molecule has 8 heteroatoms. The van der Waals surface area contributed by atoms with Gasteiger partial charge in [0.1, 0.15) is 5.56 Å². The zero-order chi connectivity index (χ0) is 23.8. The van der Waals surface area contributed by atoms with E-state index in [1.165, 1.54) is 9.75 Å². The summed E-state index contributed by atoms with van der Waals surface area (Å²) in [7, 11) is 1.73. The molecule has 0 saturated carbocycles. The Morgan fingerprint density at radius 1 is 1.18 bits per heavy atom. The van der Waals surface area contributed by atoms with E-state index in [1.807, 2.05) is 19.1 Å². The van der Waals surface area contributed by atoms with Crippen molar-refractivity contribution in [2.45, 2.75) is 36.5 Å². The van der Waals surface area contributed by atoms with Crippen LogP contribution in [0.4, 0.5) is 0 Å². The quantitative estimate of drug-likeness (QED) is 0.536. The number of carbonyl (C=O) groups is 1. The Bertz CT molecular complexity index is 1280. The van der Waals surface area contributed by atoms with Crippen LogP contribution in [0.25, 0.3) is 5.69 Å². The molecule has 0 N–H and O–H groups in total. The molecule has 1 amide bonds. The number of likely N-dealkylation sites (N-methyl/N-ethyl adjacent to an activating group) is 1. The fourth-order valence-electron chi connectivity index (χ4n) is 4.67. The average Bonchev–Trinajstić information content (AvgIpc) is 3.17. The van der Waals surface area contributed by atoms with Gasteiger partial charge in [-0.25, -0.2) is 0 Å². The lowest BCUT2D eigenvalue weighted by atomic mass is 10.0. The van der Waals surface area contributed by atoms with Crippen molar-refractivity contribution in [2.24, 2.45) is 0 Å². The smallest absolute Gasteiger partial charge is 0.259 e. The Hall–Kier alpha value is -2.39. The van der Waals surface area contributed by atoms with Crippen LogP contribution >= 0.6 is 23.1 Å². The summed E-state index contributed by atoms with van der Waals surface area (Å²) in [5.74, 6) is -0.270. The van der Waals surface area contributed by atoms with Gasteiger partial charge in [0.05, 0.1) is 31.6 Å². The number of rotatable bonds is 4. The van der Waals surface area contributed by atoms with Crippen molar-refractivity contribution in [3.63, 3.8) is 0 Å². The van der Waals surface area contributed by atoms with E-state index in [2.05, 4.69) is 35.8 Å². The van der Waals surface area contributed by atoms with Gasteiger partial charge >= 0.3 is 0 Å². The molecule has 1 saturated heterocycles. The van der Waals surface area contributed by atoms with Crippen LogP contribution in [0.5, 0.6) is 0 Å². The maximum Gasteiger partial charge on any atom is 0.259 e. The van der Waals surface area contributed by atoms with Crippen molar-refractivity contribution in [2.75, 3.05) is 33.4 Å². The maximum absolute atomic E-state index is 13.7. The molecule has 3 aromatic rings. The Kier molecular flexibility index (Phi) is 6.66. The third-order valence-corrected chi connectivity index (χ3v) is 8.82. The molecular formula is C26H28N2O4S2. The Labute approximate surface area is 207 Å². The lowest BCUT2D eigenvalue weighted by Crippen LogP contribution is -2.42. The topological polar surface area (TPSA) is 60.8 Å². The number of para-hydroxylation sites is 1. The van der Waals surface area contributed by atoms with Crippen LogP contribution in [0.2, 0.25) is 0 Å². The monoisotopic (exact) mass is 496 g/mol. The number of pyridine rings is 1. The predicted molar refractivity (Wildman–Crippen MR) is 136 cm³/mol. The number of thiophene rings is 1. The van der Waals surface area contributed by atoms with E-state index >= 15 is 0 Å². The first-order valence-electron chi connectivity index (χ1n) is 11.4. The molecule has 0 aliphatic carbocycles. The van der Waals surface area contributed by atoms with Crippen molar-refractivity contribution >= 4 is 29.0 Å². The number of fused-ring (bicyclic) bond motifs is 3. The van der Waals surface area contributed by atoms with Crippen LogP contribution in [0.15, 0.2) is 52.2 Å². The molecule has 34 heavy (non-hydrogen) atoms. The molecule has 0 spiro atoms. The zero-order valence-corrected chi connectivity index (χ0v) is 21.2. The summed E-state index contributed by atoms with van der Waals surface area (Å²) >= 11 is 3.57. The van der Waals surface area contributed by atoms with Crippen molar-refractivity contribution in [3.05, 3.63) is 79.4 Å². The van der Waals surface area contributed by atoms with Crippen molar-refractivity contribution in [1.82, 2.24) is 9.47 Å². The van der Waals surface area contributed by atoms with Gasteiger partial charge in [-0.2, -0.15) is 0 Å². The molecule has 178 valence electrons. The molecule has 0 radical (unpaired) electrons. The van der Waals surface area contributed by atoms with Crippen LogP contribution in [0.3, 0.4) is 0 Å². The summed E-state index contributed by atoms with van der Waals surface area (Å²) in [4.78, 5) is 32.2. The van der Waals surface area contributed by atoms with Gasteiger partial charge in [0.25, 0.3) is 5.91 Å². The van der Waals surface area contributed by atoms with Gasteiger partial charge in [0.2, 0.25) is 0 Å². The van der Waals surface area contributed by atoms with E-state index in [0.717, 1.165) is 22.0 Å². The molecule has 1 fully saturated rings. The van der Waals surface area contributed by atoms with E-state index in [4.69, 9.17) is 9.47 Å². The van der Waals surface area contributed by atoms with Gasteiger partial charge in [0, 0.05) is 57.4 Å². The maximum atomic E-state index is 13.7. The Morgan fingerprint density at radius 3 is 2.74 bits per heavy atom. The van der Waals surface area contributed by atoms with E-state index in [9.17, 15) is 9.59 Å². The lowest BCUT2D eigenvalue weighted by molar-refractivity contribution is -0.0933. The molecule has 0 unspecified atom stereocenters. The van der Waals surface area contributed by atoms with Gasteiger partial charge < -0.3 is 18.9 Å². The number of hydrogen-bond acceptors (Lipinski definition) is 6. The normalized spacial score (nSPS) is 19.7. The molecule has 0 bridgehead atoms. The highest BCUT2D eigenvalue weighted by Crippen LogP contribution is 2.46. The summed E-state index contributed by atoms with van der Waals surface area (Å²) in [6.07, 6.45) is 0.404. The fraction of sp³-hybridized carbons (Fsp3) is 0.385. The molecule has 2 aliphatic rings. The molecule has 2 atom stereocenters. The number of aryl methyl sites for hydroxylation is 2. The highest BCUT2D eigenvalue weighted by molar-refractivity contribution is 7.99. The van der Waals surface area contributed by atoms with Gasteiger partial charge in [-0.05, 0) is 38.1 Å². The van der Waals surface area contributed by atoms with Crippen LogP contribution in [-0.4, -0.2) is 54.9 Å². The predicted octanol–water partition coefficient (Wildman–Crippen LogP) is 4.39. The minimum Gasteiger partial charge on any atom is -0.376 e. The largest absolute Gasteiger partial charge is 0.376 e. The molecule has 4 heterocycles. The molecule has 5 rings (SSSR count). The van der Waals surface area contributed by atoms with Crippen LogP contribution in [0, 0.1) is 13.8 Å². The molecule has 2 aliphatic heterocycles. The number of benzene rings is 1. The highest BCUT2D eigenvalue weighted by atomic mass is 32.2. The summed E-state index contributed by atoms with van der Waals surface area (Å²) in [6, 6.07) is 14.1. The minimum atomic E-state index is -0.270. The van der Waals surface area contributed by atoms with E-state index in [0.29, 0.717) is 32.8 Å². The number of nitrogens with zero attached hydrogens (tertiary/aromatic N) is 2. The van der Waals surface area contributed by atoms with E-state index in [1.54, 1.807) is 41.1 Å². The van der Waals surface area contributed by atoms with Crippen LogP contribution in [0.1, 0.15) is 36.8 Å². The molecule has 1 aromatic carbocycles. The Balaban J connectivity index is 1.61. The second-order valence-corrected chi connectivity index (χ2v) is 11.4. The van der Waals surface area contributed by atoms with Crippen molar-refractivity contribution in [1.29, 1.82) is 0 Å². The minimum absolute atomic E-state index is 0.113. The lowest BCUT2D eigenvalue weighted by Gasteiger charge is -2.28. The van der Waals surface area contributed by atoms with Gasteiger partial charge in [-0.15, -0.1) is 23.1 Å². The van der Waals surface area contributed by atoms with E-state index < -0.39 is 0 Å². The third-order valence-electron chi connectivity index (χ3n) is 6.25. The number of aromatic nitrogens is 1. The molecular weight excluding hydrogens is 468 g/mol. The van der Waals surface area contributed by atoms with Crippen LogP contribution < -0.4 is 5.43 Å². The van der Waals surface area contributed by atoms with Gasteiger partial charge in [0.15, 0.2) is 5.43 Å². The SMILES string of the molecule is Cc1ccc([C@@H]2Cc3c(C(=O)N(C)C[C@H]4COCCO4)c(=O)cc(C)n3-c3ccccc3S2)s1. The number of ether oxygens (including phenoxy) is 2. The van der Waals surface area contributed by atoms with Crippen molar-refractivity contribution < 1.29 is 14.3 Å². The summed E-state index contributed by atoms with van der Waals surface area (Å²) < 4.78 is 13.3. The summed E-state index contributed by atoms with van der Waals surface area (Å²) in [5, 5.41) is 0.113. The number of thioether (sulfide) groups is 1. The first-order chi connectivity index (χ1) is 16.4. The first-order valence-corrected chi connectivity index (χ1v) is 13.1. The number of hydrogen-bond donors (Lipinski definition) is 0. The first kappa shape index (κ1) is 23.4. The molecule has 6 nitrogen and oxygen atoms in total. The average molecular weight is 497 g/mol. The third kappa shape index (κ3) is 4.47. The second kappa shape index (κ2) is 9.70. The zero-order valence-electron chi connectivity index (χ0n) is 19.6. The number of carbonyl (C=O) groups excluding carboxylic acids is 1. The number of amides is 1. The van der Waals surface area contributed by atoms with Crippen molar-refractivity contribution in [3.8, 4) is 5.69 Å².